The molecule has 82 valence electrons. The van der Waals surface area contributed by atoms with E-state index >= 15 is 0 Å². The van der Waals surface area contributed by atoms with Gasteiger partial charge in [0.2, 0.25) is 0 Å². The molecule has 0 unspecified atom stereocenters. The highest BCUT2D eigenvalue weighted by Crippen LogP contribution is 2.34. The maximum atomic E-state index is 13.7. The van der Waals surface area contributed by atoms with Crippen LogP contribution in [0, 0.1) is 5.82 Å². The summed E-state index contributed by atoms with van der Waals surface area (Å²) in [5, 5.41) is 0. The van der Waals surface area contributed by atoms with Gasteiger partial charge in [-0.1, -0.05) is 15.9 Å². The summed E-state index contributed by atoms with van der Waals surface area (Å²) in [6, 6.07) is 4.96. The molecule has 0 bridgehead atoms. The smallest absolute Gasteiger partial charge is 0.128 e. The van der Waals surface area contributed by atoms with E-state index in [9.17, 15) is 4.39 Å². The van der Waals surface area contributed by atoms with Crippen molar-refractivity contribution in [1.29, 1.82) is 0 Å². The van der Waals surface area contributed by atoms with Gasteiger partial charge >= 0.3 is 0 Å². The third-order valence-electron chi connectivity index (χ3n) is 2.70. The largest absolute Gasteiger partial charge is 0.298 e. The van der Waals surface area contributed by atoms with Gasteiger partial charge in [-0.25, -0.2) is 4.39 Å². The van der Waals surface area contributed by atoms with Crippen molar-refractivity contribution in [2.24, 2.45) is 0 Å². The van der Waals surface area contributed by atoms with E-state index in [1.807, 2.05) is 13.8 Å². The molecular formula is C11H13BrFNO. The Hall–Kier alpha value is -0.450. The number of nitrogens with one attached hydrogen (secondary N) is 1. The van der Waals surface area contributed by atoms with Crippen molar-refractivity contribution in [1.82, 2.24) is 5.48 Å². The van der Waals surface area contributed by atoms with Gasteiger partial charge in [-0.05, 0) is 38.5 Å². The van der Waals surface area contributed by atoms with Gasteiger partial charge in [-0.2, -0.15) is 5.48 Å². The minimum Gasteiger partial charge on any atom is -0.298 e. The van der Waals surface area contributed by atoms with E-state index in [0.29, 0.717) is 5.56 Å². The molecule has 1 fully saturated rings. The third kappa shape index (κ3) is 2.07. The van der Waals surface area contributed by atoms with Crippen LogP contribution < -0.4 is 5.48 Å². The lowest BCUT2D eigenvalue weighted by atomic mass is 9.88. The molecule has 1 aromatic rings. The van der Waals surface area contributed by atoms with Crippen LogP contribution in [0.5, 0.6) is 0 Å². The van der Waals surface area contributed by atoms with Crippen molar-refractivity contribution >= 4 is 15.9 Å². The van der Waals surface area contributed by atoms with Crippen LogP contribution >= 0.6 is 15.9 Å². The van der Waals surface area contributed by atoms with Crippen molar-refractivity contribution in [3.63, 3.8) is 0 Å². The molecule has 1 aliphatic rings. The second kappa shape index (κ2) is 3.85. The summed E-state index contributed by atoms with van der Waals surface area (Å²) in [6.45, 7) is 3.91. The molecule has 1 N–H and O–H groups in total. The van der Waals surface area contributed by atoms with Crippen LogP contribution in [-0.4, -0.2) is 6.10 Å². The zero-order valence-electron chi connectivity index (χ0n) is 8.68. The first kappa shape index (κ1) is 11.0. The number of benzene rings is 1. The molecule has 0 spiro atoms. The Morgan fingerprint density at radius 1 is 1.60 bits per heavy atom. The van der Waals surface area contributed by atoms with E-state index in [-0.39, 0.29) is 11.9 Å². The van der Waals surface area contributed by atoms with Gasteiger partial charge in [0.1, 0.15) is 5.82 Å². The van der Waals surface area contributed by atoms with Gasteiger partial charge in [0.05, 0.1) is 11.6 Å². The number of rotatable bonds is 1. The normalized spacial score (nSPS) is 30.8. The van der Waals surface area contributed by atoms with Gasteiger partial charge < -0.3 is 0 Å². The van der Waals surface area contributed by atoms with Crippen LogP contribution in [-0.2, 0) is 10.4 Å². The standard InChI is InChI=1S/C11H13BrFNO/c1-7-6-11(2,14-15-7)9-5-8(12)3-4-10(9)13/h3-5,7,14H,6H2,1-2H3/t7-,11+/m0/s1. The molecule has 2 atom stereocenters. The highest BCUT2D eigenvalue weighted by molar-refractivity contribution is 9.10. The molecule has 2 rings (SSSR count). The average molecular weight is 274 g/mol. The quantitative estimate of drug-likeness (QED) is 0.849. The van der Waals surface area contributed by atoms with Crippen molar-refractivity contribution in [2.75, 3.05) is 0 Å². The van der Waals surface area contributed by atoms with Crippen molar-refractivity contribution in [2.45, 2.75) is 31.9 Å². The average Bonchev–Trinajstić information content (AvgIpc) is 2.52. The maximum Gasteiger partial charge on any atom is 0.128 e. The molecular weight excluding hydrogens is 261 g/mol. The minimum atomic E-state index is -0.437. The molecule has 0 aromatic heterocycles. The summed E-state index contributed by atoms with van der Waals surface area (Å²) in [5.41, 5.74) is 3.11. The Morgan fingerprint density at radius 2 is 2.33 bits per heavy atom. The minimum absolute atomic E-state index is 0.105. The summed E-state index contributed by atoms with van der Waals surface area (Å²) in [7, 11) is 0. The molecule has 0 radical (unpaired) electrons. The third-order valence-corrected chi connectivity index (χ3v) is 3.20. The van der Waals surface area contributed by atoms with Crippen LogP contribution in [0.2, 0.25) is 0 Å². The Kier molecular flexibility index (Phi) is 2.83. The van der Waals surface area contributed by atoms with Crippen molar-refractivity contribution < 1.29 is 9.23 Å². The first-order valence-corrected chi connectivity index (χ1v) is 5.69. The van der Waals surface area contributed by atoms with Crippen molar-refractivity contribution in [3.05, 3.63) is 34.1 Å². The van der Waals surface area contributed by atoms with E-state index in [1.54, 1.807) is 12.1 Å². The highest BCUT2D eigenvalue weighted by atomic mass is 79.9. The van der Waals surface area contributed by atoms with E-state index in [4.69, 9.17) is 4.84 Å². The zero-order valence-corrected chi connectivity index (χ0v) is 10.3. The molecule has 4 heteroatoms. The molecule has 1 aliphatic heterocycles. The first-order chi connectivity index (χ1) is 7.01. The van der Waals surface area contributed by atoms with Gasteiger partial charge in [-0.15, -0.1) is 0 Å². The lowest BCUT2D eigenvalue weighted by Crippen LogP contribution is -2.33. The van der Waals surface area contributed by atoms with E-state index in [2.05, 4.69) is 21.4 Å². The monoisotopic (exact) mass is 273 g/mol. The van der Waals surface area contributed by atoms with Crippen LogP contribution in [0.1, 0.15) is 25.8 Å². The Labute approximate surface area is 96.9 Å². The van der Waals surface area contributed by atoms with Gasteiger partial charge in [0, 0.05) is 10.0 Å². The lowest BCUT2D eigenvalue weighted by Gasteiger charge is -2.23. The fourth-order valence-electron chi connectivity index (χ4n) is 1.97. The topological polar surface area (TPSA) is 21.3 Å². The Bertz CT molecular complexity index is 385. The second-order valence-electron chi connectivity index (χ2n) is 4.19. The maximum absolute atomic E-state index is 13.7. The Morgan fingerprint density at radius 3 is 2.93 bits per heavy atom. The fraction of sp³-hybridized carbons (Fsp3) is 0.455. The molecule has 15 heavy (non-hydrogen) atoms. The van der Waals surface area contributed by atoms with Crippen LogP contribution in [0.15, 0.2) is 22.7 Å². The fourth-order valence-corrected chi connectivity index (χ4v) is 2.34. The summed E-state index contributed by atoms with van der Waals surface area (Å²) in [5.74, 6) is -0.203. The second-order valence-corrected chi connectivity index (χ2v) is 5.11. The SMILES string of the molecule is C[C@H]1C[C@](C)(c2cc(Br)ccc2F)NO1. The first-order valence-electron chi connectivity index (χ1n) is 4.89. The highest BCUT2D eigenvalue weighted by Gasteiger charge is 2.37. The molecule has 0 saturated carbocycles. The van der Waals surface area contributed by atoms with E-state index in [0.717, 1.165) is 10.9 Å². The predicted molar refractivity (Wildman–Crippen MR) is 59.8 cm³/mol. The molecule has 1 saturated heterocycles. The number of hydrogen-bond donors (Lipinski definition) is 1. The van der Waals surface area contributed by atoms with Crippen LogP contribution in [0.3, 0.4) is 0 Å². The van der Waals surface area contributed by atoms with Crippen LogP contribution in [0.4, 0.5) is 4.39 Å². The number of halogens is 2. The number of hydroxylamine groups is 1. The Balaban J connectivity index is 2.40. The summed E-state index contributed by atoms with van der Waals surface area (Å²) in [6.07, 6.45) is 0.869. The van der Waals surface area contributed by atoms with Gasteiger partial charge in [0.25, 0.3) is 0 Å². The molecule has 0 amide bonds. The molecule has 0 aliphatic carbocycles. The zero-order chi connectivity index (χ0) is 11.1. The molecule has 1 heterocycles. The van der Waals surface area contributed by atoms with Crippen LogP contribution in [0.25, 0.3) is 0 Å². The van der Waals surface area contributed by atoms with Crippen molar-refractivity contribution in [3.8, 4) is 0 Å². The summed E-state index contributed by atoms with van der Waals surface area (Å²) in [4.78, 5) is 5.29. The molecule has 1 aromatic carbocycles. The summed E-state index contributed by atoms with van der Waals surface area (Å²) >= 11 is 3.35. The lowest BCUT2D eigenvalue weighted by molar-refractivity contribution is 0.0215. The van der Waals surface area contributed by atoms with E-state index in [1.165, 1.54) is 6.07 Å². The predicted octanol–water partition coefficient (Wildman–Crippen LogP) is 3.12. The van der Waals surface area contributed by atoms with Gasteiger partial charge in [0.15, 0.2) is 0 Å². The van der Waals surface area contributed by atoms with Gasteiger partial charge in [-0.3, -0.25) is 4.84 Å². The summed E-state index contributed by atoms with van der Waals surface area (Å²) < 4.78 is 14.6. The van der Waals surface area contributed by atoms with E-state index < -0.39 is 5.54 Å². The molecule has 2 nitrogen and oxygen atoms in total. The number of hydrogen-bond acceptors (Lipinski definition) is 2.